The first-order valence-electron chi connectivity index (χ1n) is 3.76. The Balaban J connectivity index is 2.84. The predicted octanol–water partition coefficient (Wildman–Crippen LogP) is 3.36. The van der Waals surface area contributed by atoms with E-state index < -0.39 is 0 Å². The highest BCUT2D eigenvalue weighted by Gasteiger charge is 2.14. The van der Waals surface area contributed by atoms with Gasteiger partial charge in [-0.1, -0.05) is 23.2 Å². The third kappa shape index (κ3) is 1.52. The van der Waals surface area contributed by atoms with Crippen molar-refractivity contribution in [2.45, 2.75) is 6.54 Å². The Morgan fingerprint density at radius 2 is 2.14 bits per heavy atom. The number of halogens is 3. The minimum absolute atomic E-state index is 0.231. The molecule has 1 heterocycles. The zero-order valence-corrected chi connectivity index (χ0v) is 9.95. The van der Waals surface area contributed by atoms with Gasteiger partial charge in [0.25, 0.3) is 0 Å². The van der Waals surface area contributed by atoms with E-state index in [4.69, 9.17) is 33.4 Å². The number of nitrogens with two attached hydrogens (primary N) is 1. The molecule has 6 heteroatoms. The average Bonchev–Trinajstić information content (AvgIpc) is 2.58. The maximum atomic E-state index is 5.94. The van der Waals surface area contributed by atoms with Crippen molar-refractivity contribution in [1.82, 2.24) is 4.98 Å². The Hall–Kier alpha value is -0.290. The largest absolute Gasteiger partial charge is 0.438 e. The number of hydrogen-bond acceptors (Lipinski definition) is 3. The normalized spacial score (nSPS) is 11.1. The van der Waals surface area contributed by atoms with E-state index in [-0.39, 0.29) is 6.54 Å². The number of rotatable bonds is 1. The zero-order chi connectivity index (χ0) is 10.3. The molecule has 0 amide bonds. The molecule has 0 fully saturated rings. The lowest BCUT2D eigenvalue weighted by Gasteiger charge is -1.96. The Kier molecular flexibility index (Phi) is 2.70. The van der Waals surface area contributed by atoms with Crippen molar-refractivity contribution >= 4 is 50.2 Å². The minimum Gasteiger partial charge on any atom is -0.438 e. The van der Waals surface area contributed by atoms with Crippen LogP contribution in [0, 0.1) is 0 Å². The quantitative estimate of drug-likeness (QED) is 0.821. The van der Waals surface area contributed by atoms with Gasteiger partial charge in [-0.25, -0.2) is 4.98 Å². The SMILES string of the molecule is NCc1nc2c(Cl)cc(Cl)c(Br)c2o1. The summed E-state index contributed by atoms with van der Waals surface area (Å²) in [7, 11) is 0. The lowest BCUT2D eigenvalue weighted by atomic mass is 10.3. The van der Waals surface area contributed by atoms with Crippen LogP contribution in [0.4, 0.5) is 0 Å². The summed E-state index contributed by atoms with van der Waals surface area (Å²) in [5, 5.41) is 0.943. The summed E-state index contributed by atoms with van der Waals surface area (Å²) in [6, 6.07) is 1.61. The van der Waals surface area contributed by atoms with Gasteiger partial charge in [-0.2, -0.15) is 0 Å². The second kappa shape index (κ2) is 3.70. The third-order valence-electron chi connectivity index (χ3n) is 1.73. The van der Waals surface area contributed by atoms with Crippen LogP contribution in [0.25, 0.3) is 11.1 Å². The average molecular weight is 296 g/mol. The monoisotopic (exact) mass is 294 g/mol. The molecule has 1 aromatic heterocycles. The number of hydrogen-bond donors (Lipinski definition) is 1. The Bertz CT molecular complexity index is 498. The van der Waals surface area contributed by atoms with Crippen LogP contribution in [0.3, 0.4) is 0 Å². The van der Waals surface area contributed by atoms with E-state index in [9.17, 15) is 0 Å². The summed E-state index contributed by atoms with van der Waals surface area (Å²) >= 11 is 15.1. The summed E-state index contributed by atoms with van der Waals surface area (Å²) in [6.45, 7) is 0.231. The van der Waals surface area contributed by atoms with Crippen molar-refractivity contribution in [3.05, 3.63) is 26.5 Å². The number of aromatic nitrogens is 1. The van der Waals surface area contributed by atoms with E-state index in [1.54, 1.807) is 6.07 Å². The van der Waals surface area contributed by atoms with Crippen LogP contribution in [0.2, 0.25) is 10.0 Å². The van der Waals surface area contributed by atoms with Crippen LogP contribution in [-0.2, 0) is 6.54 Å². The molecule has 2 aromatic rings. The summed E-state index contributed by atoms with van der Waals surface area (Å²) in [4.78, 5) is 4.12. The Morgan fingerprint density at radius 1 is 1.43 bits per heavy atom. The molecule has 14 heavy (non-hydrogen) atoms. The predicted molar refractivity (Wildman–Crippen MR) is 59.6 cm³/mol. The molecule has 3 nitrogen and oxygen atoms in total. The molecule has 0 spiro atoms. The number of benzene rings is 1. The van der Waals surface area contributed by atoms with E-state index >= 15 is 0 Å². The standard InChI is InChI=1S/C8H5BrCl2N2O/c9-6-3(10)1-4(11)7-8(6)14-5(2-12)13-7/h1H,2,12H2. The molecule has 0 aliphatic heterocycles. The lowest BCUT2D eigenvalue weighted by Crippen LogP contribution is -1.95. The maximum absolute atomic E-state index is 5.94. The molecule has 0 atom stereocenters. The van der Waals surface area contributed by atoms with Gasteiger partial charge in [0, 0.05) is 0 Å². The summed E-state index contributed by atoms with van der Waals surface area (Å²) in [5.74, 6) is 0.435. The lowest BCUT2D eigenvalue weighted by molar-refractivity contribution is 0.532. The van der Waals surface area contributed by atoms with Crippen LogP contribution in [0.15, 0.2) is 15.0 Å². The first-order valence-corrected chi connectivity index (χ1v) is 5.31. The first kappa shape index (κ1) is 10.2. The second-order valence-electron chi connectivity index (χ2n) is 2.64. The molecule has 0 radical (unpaired) electrons. The molecular formula is C8H5BrCl2N2O. The van der Waals surface area contributed by atoms with Crippen molar-refractivity contribution in [1.29, 1.82) is 0 Å². The highest BCUT2D eigenvalue weighted by molar-refractivity contribution is 9.10. The second-order valence-corrected chi connectivity index (χ2v) is 4.25. The van der Waals surface area contributed by atoms with Gasteiger partial charge in [0.1, 0.15) is 5.52 Å². The van der Waals surface area contributed by atoms with Crippen LogP contribution in [0.5, 0.6) is 0 Å². The van der Waals surface area contributed by atoms with E-state index in [0.717, 1.165) is 0 Å². The van der Waals surface area contributed by atoms with Crippen molar-refractivity contribution in [2.24, 2.45) is 5.73 Å². The van der Waals surface area contributed by atoms with Crippen LogP contribution >= 0.6 is 39.1 Å². The zero-order valence-electron chi connectivity index (χ0n) is 6.85. The van der Waals surface area contributed by atoms with Gasteiger partial charge >= 0.3 is 0 Å². The molecule has 0 bridgehead atoms. The first-order chi connectivity index (χ1) is 6.63. The topological polar surface area (TPSA) is 52.0 Å². The van der Waals surface area contributed by atoms with Crippen LogP contribution in [-0.4, -0.2) is 4.98 Å². The van der Waals surface area contributed by atoms with Gasteiger partial charge in [0.05, 0.1) is 21.1 Å². The molecule has 1 aromatic carbocycles. The number of oxazole rings is 1. The third-order valence-corrected chi connectivity index (χ3v) is 3.34. The molecule has 0 unspecified atom stereocenters. The Morgan fingerprint density at radius 3 is 2.79 bits per heavy atom. The van der Waals surface area contributed by atoms with Gasteiger partial charge in [-0.3, -0.25) is 0 Å². The summed E-state index contributed by atoms with van der Waals surface area (Å²) in [5.41, 5.74) is 6.51. The molecule has 2 rings (SSSR count). The smallest absolute Gasteiger partial charge is 0.209 e. The number of nitrogens with zero attached hydrogens (tertiary/aromatic N) is 1. The van der Waals surface area contributed by atoms with E-state index in [1.807, 2.05) is 0 Å². The molecular weight excluding hydrogens is 291 g/mol. The maximum Gasteiger partial charge on any atom is 0.209 e. The molecule has 0 saturated carbocycles. The summed E-state index contributed by atoms with van der Waals surface area (Å²) < 4.78 is 6.00. The van der Waals surface area contributed by atoms with Crippen molar-refractivity contribution in [3.8, 4) is 0 Å². The fourth-order valence-electron chi connectivity index (χ4n) is 1.11. The minimum atomic E-state index is 0.231. The van der Waals surface area contributed by atoms with Gasteiger partial charge in [-0.05, 0) is 22.0 Å². The molecule has 2 N–H and O–H groups in total. The highest BCUT2D eigenvalue weighted by atomic mass is 79.9. The molecule has 0 aliphatic carbocycles. The van der Waals surface area contributed by atoms with Crippen molar-refractivity contribution < 1.29 is 4.42 Å². The Labute approximate surface area is 98.3 Å². The molecule has 74 valence electrons. The summed E-state index contributed by atoms with van der Waals surface area (Å²) in [6.07, 6.45) is 0. The van der Waals surface area contributed by atoms with Crippen molar-refractivity contribution in [3.63, 3.8) is 0 Å². The van der Waals surface area contributed by atoms with Crippen LogP contribution in [0.1, 0.15) is 5.89 Å². The van der Waals surface area contributed by atoms with Crippen LogP contribution < -0.4 is 5.73 Å². The molecule has 0 saturated heterocycles. The molecule has 0 aliphatic rings. The van der Waals surface area contributed by atoms with E-state index in [0.29, 0.717) is 31.5 Å². The van der Waals surface area contributed by atoms with Crippen molar-refractivity contribution in [2.75, 3.05) is 0 Å². The van der Waals surface area contributed by atoms with E-state index in [2.05, 4.69) is 20.9 Å². The van der Waals surface area contributed by atoms with Gasteiger partial charge in [-0.15, -0.1) is 0 Å². The van der Waals surface area contributed by atoms with E-state index in [1.165, 1.54) is 0 Å². The van der Waals surface area contributed by atoms with Gasteiger partial charge in [0.15, 0.2) is 5.58 Å². The fourth-order valence-corrected chi connectivity index (χ4v) is 1.98. The van der Waals surface area contributed by atoms with Gasteiger partial charge in [0.2, 0.25) is 5.89 Å². The van der Waals surface area contributed by atoms with Gasteiger partial charge < -0.3 is 10.2 Å². The highest BCUT2D eigenvalue weighted by Crippen LogP contribution is 2.36. The number of fused-ring (bicyclic) bond motifs is 1. The fraction of sp³-hybridized carbons (Fsp3) is 0.125.